The fourth-order valence-corrected chi connectivity index (χ4v) is 4.98. The Morgan fingerprint density at radius 3 is 2.55 bits per heavy atom. The molecule has 0 aliphatic carbocycles. The van der Waals surface area contributed by atoms with E-state index in [0.29, 0.717) is 36.6 Å². The molecule has 2 aliphatic heterocycles. The van der Waals surface area contributed by atoms with Crippen molar-refractivity contribution in [3.63, 3.8) is 0 Å². The summed E-state index contributed by atoms with van der Waals surface area (Å²) >= 11 is 0. The number of carbonyl (C=O) groups is 1. The third-order valence-electron chi connectivity index (χ3n) is 5.58. The molecule has 9 nitrogen and oxygen atoms in total. The lowest BCUT2D eigenvalue weighted by atomic mass is 9.90. The van der Waals surface area contributed by atoms with Crippen LogP contribution in [0.25, 0.3) is 0 Å². The summed E-state index contributed by atoms with van der Waals surface area (Å²) in [6.07, 6.45) is 2.12. The molecule has 1 fully saturated rings. The van der Waals surface area contributed by atoms with Gasteiger partial charge in [-0.05, 0) is 12.8 Å². The standard InChI is InChI=1S/C19H31N5O4S/c1-19(2,3)18(26)23-9-6-7-13(11-23)16-20-15-8-10-24(29(27,28)22(4)5)12-14(15)17(25)21-16/h13H,6-12H2,1-5H3,(H,20,21,25)/t13-/m1/s1. The van der Waals surface area contributed by atoms with E-state index in [1.807, 2.05) is 25.7 Å². The number of likely N-dealkylation sites (tertiary alicyclic amines) is 1. The third-order valence-corrected chi connectivity index (χ3v) is 7.46. The second-order valence-corrected chi connectivity index (χ2v) is 11.2. The molecule has 0 radical (unpaired) electrons. The molecule has 3 rings (SSSR count). The van der Waals surface area contributed by atoms with Crippen LogP contribution in [0.1, 0.15) is 56.6 Å². The number of nitrogens with one attached hydrogen (secondary N) is 1. The van der Waals surface area contributed by atoms with E-state index in [2.05, 4.69) is 9.97 Å². The molecule has 162 valence electrons. The van der Waals surface area contributed by atoms with Gasteiger partial charge in [-0.15, -0.1) is 0 Å². The van der Waals surface area contributed by atoms with E-state index < -0.39 is 15.6 Å². The van der Waals surface area contributed by atoms with E-state index in [1.165, 1.54) is 18.4 Å². The number of H-pyrrole nitrogens is 1. The highest BCUT2D eigenvalue weighted by Crippen LogP contribution is 2.28. The molecule has 0 spiro atoms. The van der Waals surface area contributed by atoms with Crippen molar-refractivity contribution < 1.29 is 13.2 Å². The first-order valence-corrected chi connectivity index (χ1v) is 11.4. The zero-order valence-electron chi connectivity index (χ0n) is 17.9. The van der Waals surface area contributed by atoms with E-state index in [0.717, 1.165) is 23.7 Å². The summed E-state index contributed by atoms with van der Waals surface area (Å²) in [5, 5.41) is 0. The third kappa shape index (κ3) is 4.39. The molecule has 0 unspecified atom stereocenters. The van der Waals surface area contributed by atoms with Gasteiger partial charge in [0.25, 0.3) is 15.8 Å². The number of aromatic amines is 1. The van der Waals surface area contributed by atoms with Crippen LogP contribution in [0.3, 0.4) is 0 Å². The maximum absolute atomic E-state index is 12.7. The second-order valence-electron chi connectivity index (χ2n) is 9.09. The van der Waals surface area contributed by atoms with Gasteiger partial charge in [-0.25, -0.2) is 4.98 Å². The number of hydrogen-bond acceptors (Lipinski definition) is 5. The SMILES string of the molecule is CN(C)S(=O)(=O)N1CCc2nc([C@@H]3CCCN(C(=O)C(C)(C)C)C3)[nH]c(=O)c2C1. The zero-order valence-corrected chi connectivity index (χ0v) is 18.7. The lowest BCUT2D eigenvalue weighted by Crippen LogP contribution is -2.46. The highest BCUT2D eigenvalue weighted by Gasteiger charge is 2.34. The van der Waals surface area contributed by atoms with Gasteiger partial charge in [0.05, 0.1) is 11.3 Å². The number of carbonyl (C=O) groups excluding carboxylic acids is 1. The van der Waals surface area contributed by atoms with Crippen molar-refractivity contribution in [2.75, 3.05) is 33.7 Å². The molecule has 1 saturated heterocycles. The quantitative estimate of drug-likeness (QED) is 0.767. The molecule has 3 heterocycles. The van der Waals surface area contributed by atoms with Gasteiger partial charge in [-0.2, -0.15) is 17.0 Å². The highest BCUT2D eigenvalue weighted by molar-refractivity contribution is 7.86. The number of amides is 1. The Hall–Kier alpha value is -1.78. The van der Waals surface area contributed by atoms with Crippen LogP contribution in [-0.4, -0.2) is 71.5 Å². The summed E-state index contributed by atoms with van der Waals surface area (Å²) in [5.74, 6) is 0.688. The van der Waals surface area contributed by atoms with E-state index in [9.17, 15) is 18.0 Å². The number of piperidine rings is 1. The Kier molecular flexibility index (Phi) is 5.90. The highest BCUT2D eigenvalue weighted by atomic mass is 32.2. The van der Waals surface area contributed by atoms with Crippen LogP contribution in [0.4, 0.5) is 0 Å². The van der Waals surface area contributed by atoms with Gasteiger partial charge in [-0.3, -0.25) is 9.59 Å². The van der Waals surface area contributed by atoms with Gasteiger partial charge < -0.3 is 9.88 Å². The Morgan fingerprint density at radius 2 is 1.93 bits per heavy atom. The molecule has 0 bridgehead atoms. The predicted molar refractivity (Wildman–Crippen MR) is 110 cm³/mol. The average Bonchev–Trinajstić information content (AvgIpc) is 2.66. The number of fused-ring (bicyclic) bond motifs is 1. The van der Waals surface area contributed by atoms with Crippen LogP contribution in [0, 0.1) is 5.41 Å². The number of rotatable bonds is 3. The first-order chi connectivity index (χ1) is 13.4. The molecule has 29 heavy (non-hydrogen) atoms. The Bertz CT molecular complexity index is 948. The number of aromatic nitrogens is 2. The number of nitrogens with zero attached hydrogens (tertiary/aromatic N) is 4. The molecule has 1 atom stereocenters. The minimum absolute atomic E-state index is 0.0170. The fourth-order valence-electron chi connectivity index (χ4n) is 3.90. The minimum Gasteiger partial charge on any atom is -0.342 e. The van der Waals surface area contributed by atoms with Crippen LogP contribution in [0.15, 0.2) is 4.79 Å². The Labute approximate surface area is 172 Å². The van der Waals surface area contributed by atoms with Crippen LogP contribution in [0.2, 0.25) is 0 Å². The van der Waals surface area contributed by atoms with Crippen molar-refractivity contribution >= 4 is 16.1 Å². The smallest absolute Gasteiger partial charge is 0.281 e. The Morgan fingerprint density at radius 1 is 1.24 bits per heavy atom. The van der Waals surface area contributed by atoms with E-state index in [4.69, 9.17) is 0 Å². The summed E-state index contributed by atoms with van der Waals surface area (Å²) < 4.78 is 27.2. The van der Waals surface area contributed by atoms with Gasteiger partial charge in [0.1, 0.15) is 5.82 Å². The summed E-state index contributed by atoms with van der Waals surface area (Å²) in [5.41, 5.74) is 0.333. The van der Waals surface area contributed by atoms with Crippen molar-refractivity contribution in [3.8, 4) is 0 Å². The first-order valence-electron chi connectivity index (χ1n) is 10.00. The van der Waals surface area contributed by atoms with Gasteiger partial charge >= 0.3 is 0 Å². The lowest BCUT2D eigenvalue weighted by Gasteiger charge is -2.36. The van der Waals surface area contributed by atoms with Crippen LogP contribution < -0.4 is 5.56 Å². The summed E-state index contributed by atoms with van der Waals surface area (Å²) in [7, 11) is -0.626. The summed E-state index contributed by atoms with van der Waals surface area (Å²) in [6.45, 7) is 7.31. The van der Waals surface area contributed by atoms with Gasteiger partial charge in [0.15, 0.2) is 0 Å². The van der Waals surface area contributed by atoms with Crippen molar-refractivity contribution in [3.05, 3.63) is 27.4 Å². The van der Waals surface area contributed by atoms with Crippen molar-refractivity contribution in [2.45, 2.75) is 52.5 Å². The van der Waals surface area contributed by atoms with E-state index in [1.54, 1.807) is 0 Å². The van der Waals surface area contributed by atoms with E-state index >= 15 is 0 Å². The second kappa shape index (κ2) is 7.81. The van der Waals surface area contributed by atoms with Crippen molar-refractivity contribution in [1.82, 2.24) is 23.5 Å². The molecule has 1 amide bonds. The molecule has 1 N–H and O–H groups in total. The van der Waals surface area contributed by atoms with Gasteiger partial charge in [-0.1, -0.05) is 20.8 Å². The maximum atomic E-state index is 12.7. The maximum Gasteiger partial charge on any atom is 0.281 e. The van der Waals surface area contributed by atoms with Crippen molar-refractivity contribution in [2.24, 2.45) is 5.41 Å². The van der Waals surface area contributed by atoms with Crippen LogP contribution >= 0.6 is 0 Å². The normalized spacial score (nSPS) is 21.3. The average molecular weight is 426 g/mol. The molecule has 2 aliphatic rings. The Balaban J connectivity index is 1.83. The molecule has 0 saturated carbocycles. The first kappa shape index (κ1) is 21.9. The van der Waals surface area contributed by atoms with Crippen molar-refractivity contribution in [1.29, 1.82) is 0 Å². The topological polar surface area (TPSA) is 107 Å². The molecule has 1 aromatic heterocycles. The largest absolute Gasteiger partial charge is 0.342 e. The van der Waals surface area contributed by atoms with Gasteiger partial charge in [0.2, 0.25) is 5.91 Å². The fraction of sp³-hybridized carbons (Fsp3) is 0.737. The molecule has 10 heteroatoms. The predicted octanol–water partition coefficient (Wildman–Crippen LogP) is 0.687. The molecular formula is C19H31N5O4S. The number of hydrogen-bond donors (Lipinski definition) is 1. The van der Waals surface area contributed by atoms with Crippen LogP contribution in [0.5, 0.6) is 0 Å². The molecule has 1 aromatic rings. The minimum atomic E-state index is -3.58. The van der Waals surface area contributed by atoms with Gasteiger partial charge in [0, 0.05) is 58.0 Å². The monoisotopic (exact) mass is 425 g/mol. The summed E-state index contributed by atoms with van der Waals surface area (Å²) in [4.78, 5) is 34.8. The van der Waals surface area contributed by atoms with E-state index in [-0.39, 0.29) is 23.9 Å². The lowest BCUT2D eigenvalue weighted by molar-refractivity contribution is -0.140. The zero-order chi connectivity index (χ0) is 21.6. The molecule has 0 aromatic carbocycles. The summed E-state index contributed by atoms with van der Waals surface area (Å²) in [6, 6.07) is 0. The van der Waals surface area contributed by atoms with Crippen LogP contribution in [-0.2, 0) is 28.0 Å². The molecular weight excluding hydrogens is 394 g/mol.